The predicted octanol–water partition coefficient (Wildman–Crippen LogP) is 3.46. The number of rotatable bonds is 3. The quantitative estimate of drug-likeness (QED) is 0.701. The molecule has 1 atom stereocenters. The lowest BCUT2D eigenvalue weighted by Gasteiger charge is -2.30. The molecule has 3 heterocycles. The molecule has 0 saturated carbocycles. The summed E-state index contributed by atoms with van der Waals surface area (Å²) in [5.41, 5.74) is 1.38. The van der Waals surface area contributed by atoms with Crippen molar-refractivity contribution >= 4 is 11.6 Å². The second-order valence-electron chi connectivity index (χ2n) is 7.04. The maximum absolute atomic E-state index is 13.4. The van der Waals surface area contributed by atoms with Gasteiger partial charge in [0.05, 0.1) is 13.2 Å². The lowest BCUT2D eigenvalue weighted by Crippen LogP contribution is -2.38. The molecule has 144 valence electrons. The topological polar surface area (TPSA) is 63.9 Å². The van der Waals surface area contributed by atoms with Crippen molar-refractivity contribution in [3.63, 3.8) is 0 Å². The molecule has 1 unspecified atom stereocenters. The van der Waals surface area contributed by atoms with Crippen molar-refractivity contribution in [2.45, 2.75) is 31.7 Å². The van der Waals surface area contributed by atoms with Crippen molar-refractivity contribution in [2.24, 2.45) is 0 Å². The van der Waals surface area contributed by atoms with E-state index in [1.54, 1.807) is 25.4 Å². The summed E-state index contributed by atoms with van der Waals surface area (Å²) in [4.78, 5) is 32.4. The maximum Gasteiger partial charge on any atom is 0.270 e. The molecule has 0 spiro atoms. The molecule has 1 saturated heterocycles. The van der Waals surface area contributed by atoms with Gasteiger partial charge in [-0.05, 0) is 42.7 Å². The van der Waals surface area contributed by atoms with Gasteiger partial charge < -0.3 is 9.64 Å². The van der Waals surface area contributed by atoms with Crippen LogP contribution in [0.3, 0.4) is 0 Å². The van der Waals surface area contributed by atoms with E-state index in [1.807, 2.05) is 35.2 Å². The number of methoxy groups -OCH3 is 1. The first-order chi connectivity index (χ1) is 13.7. The number of nitrogens with zero attached hydrogens (tertiary/aromatic N) is 3. The first-order valence-electron chi connectivity index (χ1n) is 9.60. The van der Waals surface area contributed by atoms with E-state index in [4.69, 9.17) is 4.74 Å². The van der Waals surface area contributed by atoms with Gasteiger partial charge in [0.25, 0.3) is 11.5 Å². The number of carbonyl (C=O) groups is 1. The van der Waals surface area contributed by atoms with Crippen molar-refractivity contribution < 1.29 is 9.53 Å². The standard InChI is InChI=1S/C22H23N3O3/c1-28-17-11-9-16(10-12-17)19-7-3-2-5-13-24(19)21(26)18-15-23-20-8-4-6-14-25(20)22(18)27/h4,6,8-12,14-15,19H,2-3,5,7,13H2,1H3. The molecule has 6 heteroatoms. The Labute approximate surface area is 163 Å². The summed E-state index contributed by atoms with van der Waals surface area (Å²) in [5.74, 6) is 0.533. The van der Waals surface area contributed by atoms with Crippen LogP contribution >= 0.6 is 0 Å². The van der Waals surface area contributed by atoms with Crippen LogP contribution in [0.5, 0.6) is 5.75 Å². The van der Waals surface area contributed by atoms with Gasteiger partial charge in [-0.15, -0.1) is 0 Å². The molecule has 1 amide bonds. The van der Waals surface area contributed by atoms with Crippen LogP contribution in [0.1, 0.15) is 47.6 Å². The van der Waals surface area contributed by atoms with E-state index in [1.165, 1.54) is 10.6 Å². The molecular weight excluding hydrogens is 354 g/mol. The van der Waals surface area contributed by atoms with Crippen molar-refractivity contribution in [1.29, 1.82) is 0 Å². The van der Waals surface area contributed by atoms with E-state index in [0.29, 0.717) is 12.2 Å². The molecule has 0 radical (unpaired) electrons. The van der Waals surface area contributed by atoms with Gasteiger partial charge in [0, 0.05) is 18.9 Å². The number of aromatic nitrogens is 2. The Morgan fingerprint density at radius 2 is 1.93 bits per heavy atom. The number of benzene rings is 1. The number of likely N-dealkylation sites (tertiary alicyclic amines) is 1. The summed E-state index contributed by atoms with van der Waals surface area (Å²) >= 11 is 0. The lowest BCUT2D eigenvalue weighted by atomic mass is 10.00. The third-order valence-corrected chi connectivity index (χ3v) is 5.36. The van der Waals surface area contributed by atoms with Crippen LogP contribution in [0, 0.1) is 0 Å². The van der Waals surface area contributed by atoms with E-state index in [-0.39, 0.29) is 23.1 Å². The first-order valence-corrected chi connectivity index (χ1v) is 9.60. The third kappa shape index (κ3) is 3.38. The van der Waals surface area contributed by atoms with E-state index in [9.17, 15) is 9.59 Å². The minimum atomic E-state index is -0.326. The number of amides is 1. The fraction of sp³-hybridized carbons (Fsp3) is 0.318. The van der Waals surface area contributed by atoms with Gasteiger partial charge in [0.2, 0.25) is 0 Å². The highest BCUT2D eigenvalue weighted by Crippen LogP contribution is 2.32. The number of hydrogen-bond acceptors (Lipinski definition) is 4. The van der Waals surface area contributed by atoms with E-state index in [0.717, 1.165) is 37.0 Å². The molecule has 3 aromatic rings. The Kier molecular flexibility index (Phi) is 5.10. The summed E-state index contributed by atoms with van der Waals surface area (Å²) in [7, 11) is 1.64. The Balaban J connectivity index is 1.72. The molecule has 28 heavy (non-hydrogen) atoms. The van der Waals surface area contributed by atoms with Crippen molar-refractivity contribution in [2.75, 3.05) is 13.7 Å². The zero-order chi connectivity index (χ0) is 19.5. The SMILES string of the molecule is COc1ccc(C2CCCCCN2C(=O)c2cnc3ccccn3c2=O)cc1. The van der Waals surface area contributed by atoms with Crippen molar-refractivity contribution in [3.8, 4) is 5.75 Å². The molecular formula is C22H23N3O3. The number of pyridine rings is 1. The molecule has 6 nitrogen and oxygen atoms in total. The van der Waals surface area contributed by atoms with E-state index < -0.39 is 0 Å². The average Bonchev–Trinajstić information content (AvgIpc) is 3.00. The lowest BCUT2D eigenvalue weighted by molar-refractivity contribution is 0.0678. The number of hydrogen-bond donors (Lipinski definition) is 0. The normalized spacial score (nSPS) is 17.3. The van der Waals surface area contributed by atoms with Crippen LogP contribution in [0.15, 0.2) is 59.7 Å². The molecule has 0 aliphatic carbocycles. The fourth-order valence-corrected chi connectivity index (χ4v) is 3.85. The predicted molar refractivity (Wildman–Crippen MR) is 107 cm³/mol. The molecule has 0 bridgehead atoms. The van der Waals surface area contributed by atoms with Gasteiger partial charge in [-0.2, -0.15) is 0 Å². The van der Waals surface area contributed by atoms with Crippen LogP contribution in [0.25, 0.3) is 5.65 Å². The molecule has 0 N–H and O–H groups in total. The van der Waals surface area contributed by atoms with Crippen LogP contribution in [0.2, 0.25) is 0 Å². The van der Waals surface area contributed by atoms with Crippen molar-refractivity contribution in [3.05, 3.63) is 76.3 Å². The molecule has 1 aromatic carbocycles. The second kappa shape index (κ2) is 7.84. The van der Waals surface area contributed by atoms with Crippen LogP contribution in [0.4, 0.5) is 0 Å². The Hall–Kier alpha value is -3.15. The van der Waals surface area contributed by atoms with E-state index >= 15 is 0 Å². The van der Waals surface area contributed by atoms with Gasteiger partial charge in [-0.1, -0.05) is 31.0 Å². The van der Waals surface area contributed by atoms with E-state index in [2.05, 4.69) is 4.98 Å². The summed E-state index contributed by atoms with van der Waals surface area (Å²) in [6.07, 6.45) is 6.99. The summed E-state index contributed by atoms with van der Waals surface area (Å²) in [6, 6.07) is 13.1. The Morgan fingerprint density at radius 1 is 1.11 bits per heavy atom. The fourth-order valence-electron chi connectivity index (χ4n) is 3.85. The minimum Gasteiger partial charge on any atom is -0.497 e. The largest absolute Gasteiger partial charge is 0.497 e. The van der Waals surface area contributed by atoms with Gasteiger partial charge in [-0.25, -0.2) is 4.98 Å². The summed E-state index contributed by atoms with van der Waals surface area (Å²) < 4.78 is 6.67. The molecule has 2 aromatic heterocycles. The Morgan fingerprint density at radius 3 is 2.71 bits per heavy atom. The zero-order valence-electron chi connectivity index (χ0n) is 15.9. The number of fused-ring (bicyclic) bond motifs is 1. The number of ether oxygens (including phenoxy) is 1. The summed E-state index contributed by atoms with van der Waals surface area (Å²) in [6.45, 7) is 0.631. The van der Waals surface area contributed by atoms with Gasteiger partial charge in [0.1, 0.15) is 17.0 Å². The number of carbonyl (C=O) groups excluding carboxylic acids is 1. The Bertz CT molecular complexity index is 1040. The van der Waals surface area contributed by atoms with Crippen LogP contribution < -0.4 is 10.3 Å². The molecule has 1 fully saturated rings. The molecule has 1 aliphatic rings. The average molecular weight is 377 g/mol. The van der Waals surface area contributed by atoms with Gasteiger partial charge in [0.15, 0.2) is 0 Å². The first kappa shape index (κ1) is 18.2. The maximum atomic E-state index is 13.4. The summed E-state index contributed by atoms with van der Waals surface area (Å²) in [5, 5.41) is 0. The van der Waals surface area contributed by atoms with Gasteiger partial charge in [-0.3, -0.25) is 14.0 Å². The van der Waals surface area contributed by atoms with Crippen LogP contribution in [-0.4, -0.2) is 33.8 Å². The van der Waals surface area contributed by atoms with Crippen molar-refractivity contribution in [1.82, 2.24) is 14.3 Å². The highest BCUT2D eigenvalue weighted by Gasteiger charge is 2.29. The van der Waals surface area contributed by atoms with Gasteiger partial charge >= 0.3 is 0 Å². The minimum absolute atomic E-state index is 0.0585. The second-order valence-corrected chi connectivity index (χ2v) is 7.04. The highest BCUT2D eigenvalue weighted by atomic mass is 16.5. The molecule has 4 rings (SSSR count). The molecule has 1 aliphatic heterocycles. The van der Waals surface area contributed by atoms with Crippen LogP contribution in [-0.2, 0) is 0 Å². The smallest absolute Gasteiger partial charge is 0.270 e. The third-order valence-electron chi connectivity index (χ3n) is 5.36. The highest BCUT2D eigenvalue weighted by molar-refractivity contribution is 5.94. The monoisotopic (exact) mass is 377 g/mol. The zero-order valence-corrected chi connectivity index (χ0v) is 15.9.